The van der Waals surface area contributed by atoms with Crippen molar-refractivity contribution in [3.63, 3.8) is 0 Å². The topological polar surface area (TPSA) is 81.8 Å². The molecule has 3 atom stereocenters. The largest absolute Gasteiger partial charge is 0.337 e. The van der Waals surface area contributed by atoms with Gasteiger partial charge in [-0.25, -0.2) is 4.79 Å². The van der Waals surface area contributed by atoms with Gasteiger partial charge in [0.2, 0.25) is 5.91 Å². The summed E-state index contributed by atoms with van der Waals surface area (Å²) in [4.78, 5) is 41.8. The summed E-state index contributed by atoms with van der Waals surface area (Å²) in [6.07, 6.45) is 4.09. The molecule has 7 nitrogen and oxygen atoms in total. The molecule has 2 heterocycles. The Hall–Kier alpha value is -1.63. The lowest BCUT2D eigenvalue weighted by Gasteiger charge is -2.43. The summed E-state index contributed by atoms with van der Waals surface area (Å²) in [6, 6.07) is -0.264. The van der Waals surface area contributed by atoms with Crippen LogP contribution in [0.5, 0.6) is 0 Å². The van der Waals surface area contributed by atoms with E-state index in [1.54, 1.807) is 0 Å². The molecule has 27 heavy (non-hydrogen) atoms. The smallest absolute Gasteiger partial charge is 0.325 e. The molecule has 3 unspecified atom stereocenters. The zero-order chi connectivity index (χ0) is 19.8. The van der Waals surface area contributed by atoms with Crippen molar-refractivity contribution in [3.05, 3.63) is 0 Å². The van der Waals surface area contributed by atoms with Crippen LogP contribution in [-0.2, 0) is 9.59 Å². The fourth-order valence-electron chi connectivity index (χ4n) is 5.53. The molecule has 3 fully saturated rings. The van der Waals surface area contributed by atoms with Gasteiger partial charge in [0.1, 0.15) is 12.1 Å². The highest BCUT2D eigenvalue weighted by atomic mass is 16.2. The van der Waals surface area contributed by atoms with Crippen LogP contribution in [0.15, 0.2) is 0 Å². The summed E-state index contributed by atoms with van der Waals surface area (Å²) in [5, 5.41) is 6.24. The first-order valence-corrected chi connectivity index (χ1v) is 10.3. The molecule has 7 heteroatoms. The van der Waals surface area contributed by atoms with Gasteiger partial charge in [-0.2, -0.15) is 0 Å². The molecule has 0 aromatic carbocycles. The summed E-state index contributed by atoms with van der Waals surface area (Å²) in [7, 11) is 0. The zero-order valence-electron chi connectivity index (χ0n) is 17.1. The standard InChI is InChI=1S/C20H34N4O3/c1-5-8-23(15-6-7-21-11-15)16(25)12-24-17(26)20(22-18(24)27)10-14(2)9-19(3,4)13-20/h14-15,21H,5-13H2,1-4H3,(H,22,27). The Bertz CT molecular complexity index is 614. The number of nitrogens with zero attached hydrogens (tertiary/aromatic N) is 2. The quantitative estimate of drug-likeness (QED) is 0.714. The fourth-order valence-corrected chi connectivity index (χ4v) is 5.53. The van der Waals surface area contributed by atoms with E-state index in [-0.39, 0.29) is 29.8 Å². The van der Waals surface area contributed by atoms with Crippen molar-refractivity contribution in [1.29, 1.82) is 0 Å². The second-order valence-corrected chi connectivity index (χ2v) is 9.49. The van der Waals surface area contributed by atoms with Crippen LogP contribution >= 0.6 is 0 Å². The third kappa shape index (κ3) is 3.98. The molecule has 1 saturated carbocycles. The van der Waals surface area contributed by atoms with Crippen LogP contribution in [0.4, 0.5) is 4.79 Å². The highest BCUT2D eigenvalue weighted by Crippen LogP contribution is 2.46. The molecule has 0 bridgehead atoms. The van der Waals surface area contributed by atoms with Crippen LogP contribution in [0, 0.1) is 11.3 Å². The molecule has 0 radical (unpaired) electrons. The van der Waals surface area contributed by atoms with E-state index in [4.69, 9.17) is 0 Å². The van der Waals surface area contributed by atoms with Crippen molar-refractivity contribution in [2.24, 2.45) is 11.3 Å². The molecular formula is C20H34N4O3. The average Bonchev–Trinajstić information content (AvgIpc) is 3.14. The summed E-state index contributed by atoms with van der Waals surface area (Å²) in [5.74, 6) is 0.00509. The van der Waals surface area contributed by atoms with Crippen molar-refractivity contribution in [2.75, 3.05) is 26.2 Å². The molecule has 3 aliphatic rings. The van der Waals surface area contributed by atoms with Crippen LogP contribution in [0.25, 0.3) is 0 Å². The van der Waals surface area contributed by atoms with E-state index in [1.165, 1.54) is 0 Å². The van der Waals surface area contributed by atoms with Crippen LogP contribution in [0.1, 0.15) is 59.8 Å². The summed E-state index contributed by atoms with van der Waals surface area (Å²) >= 11 is 0. The van der Waals surface area contributed by atoms with E-state index < -0.39 is 11.6 Å². The zero-order valence-corrected chi connectivity index (χ0v) is 17.1. The number of rotatable bonds is 5. The average molecular weight is 379 g/mol. The third-order valence-electron chi connectivity index (χ3n) is 6.18. The number of imide groups is 1. The molecule has 3 rings (SSSR count). The summed E-state index contributed by atoms with van der Waals surface area (Å²) in [6.45, 7) is 10.6. The van der Waals surface area contributed by atoms with Gasteiger partial charge < -0.3 is 15.5 Å². The van der Waals surface area contributed by atoms with Crippen molar-refractivity contribution >= 4 is 17.8 Å². The first-order chi connectivity index (χ1) is 12.7. The van der Waals surface area contributed by atoms with Gasteiger partial charge in [0.15, 0.2) is 0 Å². The molecule has 4 amide bonds. The minimum Gasteiger partial charge on any atom is -0.337 e. The molecule has 2 aliphatic heterocycles. The normalized spacial score (nSPS) is 32.8. The van der Waals surface area contributed by atoms with Gasteiger partial charge in [0, 0.05) is 19.1 Å². The number of urea groups is 1. The van der Waals surface area contributed by atoms with Crippen LogP contribution in [0.3, 0.4) is 0 Å². The van der Waals surface area contributed by atoms with Gasteiger partial charge in [-0.1, -0.05) is 27.7 Å². The van der Waals surface area contributed by atoms with Gasteiger partial charge in [-0.3, -0.25) is 14.5 Å². The summed E-state index contributed by atoms with van der Waals surface area (Å²) in [5.41, 5.74) is -0.854. The highest BCUT2D eigenvalue weighted by molar-refractivity contribution is 6.09. The van der Waals surface area contributed by atoms with Crippen molar-refractivity contribution in [3.8, 4) is 0 Å². The van der Waals surface area contributed by atoms with E-state index in [0.29, 0.717) is 25.3 Å². The molecule has 2 N–H and O–H groups in total. The lowest BCUT2D eigenvalue weighted by atomic mass is 9.64. The predicted molar refractivity (Wildman–Crippen MR) is 103 cm³/mol. The Labute approximate surface area is 162 Å². The van der Waals surface area contributed by atoms with Crippen molar-refractivity contribution in [1.82, 2.24) is 20.4 Å². The second kappa shape index (κ2) is 7.41. The Morgan fingerprint density at radius 1 is 1.30 bits per heavy atom. The first-order valence-electron chi connectivity index (χ1n) is 10.3. The number of hydrogen-bond donors (Lipinski definition) is 2. The molecule has 2 saturated heterocycles. The maximum atomic E-state index is 13.2. The lowest BCUT2D eigenvalue weighted by Crippen LogP contribution is -2.54. The lowest BCUT2D eigenvalue weighted by molar-refractivity contribution is -0.141. The van der Waals surface area contributed by atoms with E-state index in [9.17, 15) is 14.4 Å². The van der Waals surface area contributed by atoms with Gasteiger partial charge in [-0.15, -0.1) is 0 Å². The number of nitrogens with one attached hydrogen (secondary N) is 2. The molecule has 1 aliphatic carbocycles. The van der Waals surface area contributed by atoms with Crippen LogP contribution < -0.4 is 10.6 Å². The van der Waals surface area contributed by atoms with Gasteiger partial charge >= 0.3 is 6.03 Å². The first kappa shape index (κ1) is 20.1. The van der Waals surface area contributed by atoms with Crippen LogP contribution in [-0.4, -0.2) is 65.4 Å². The van der Waals surface area contributed by atoms with E-state index in [1.807, 2.05) is 11.8 Å². The summed E-state index contributed by atoms with van der Waals surface area (Å²) < 4.78 is 0. The van der Waals surface area contributed by atoms with Gasteiger partial charge in [0.05, 0.1) is 0 Å². The maximum Gasteiger partial charge on any atom is 0.325 e. The van der Waals surface area contributed by atoms with Gasteiger partial charge in [-0.05, 0) is 50.0 Å². The molecule has 0 aromatic rings. The molecular weight excluding hydrogens is 344 g/mol. The van der Waals surface area contributed by atoms with E-state index in [2.05, 4.69) is 31.4 Å². The minimum absolute atomic E-state index is 0.00954. The second-order valence-electron chi connectivity index (χ2n) is 9.49. The molecule has 1 spiro atoms. The SMILES string of the molecule is CCCN(C(=O)CN1C(=O)NC2(CC(C)CC(C)(C)C2)C1=O)C1CCNC1. The monoisotopic (exact) mass is 378 g/mol. The highest BCUT2D eigenvalue weighted by Gasteiger charge is 2.56. The van der Waals surface area contributed by atoms with E-state index in [0.717, 1.165) is 37.3 Å². The third-order valence-corrected chi connectivity index (χ3v) is 6.18. The fraction of sp³-hybridized carbons (Fsp3) is 0.850. The van der Waals surface area contributed by atoms with Crippen molar-refractivity contribution in [2.45, 2.75) is 71.4 Å². The maximum absolute atomic E-state index is 13.2. The van der Waals surface area contributed by atoms with Crippen molar-refractivity contribution < 1.29 is 14.4 Å². The van der Waals surface area contributed by atoms with Crippen LogP contribution in [0.2, 0.25) is 0 Å². The number of amides is 4. The Balaban J connectivity index is 1.74. The Morgan fingerprint density at radius 3 is 2.63 bits per heavy atom. The Morgan fingerprint density at radius 2 is 2.04 bits per heavy atom. The minimum atomic E-state index is -0.844. The van der Waals surface area contributed by atoms with Gasteiger partial charge in [0.25, 0.3) is 5.91 Å². The number of carbonyl (C=O) groups excluding carboxylic acids is 3. The number of hydrogen-bond acceptors (Lipinski definition) is 4. The molecule has 0 aromatic heterocycles. The molecule has 152 valence electrons. The predicted octanol–water partition coefficient (Wildman–Crippen LogP) is 1.72. The number of carbonyl (C=O) groups is 3. The van der Waals surface area contributed by atoms with E-state index >= 15 is 0 Å². The Kier molecular flexibility index (Phi) is 5.52.